The third-order valence-electron chi connectivity index (χ3n) is 8.43. The van der Waals surface area contributed by atoms with Crippen LogP contribution in [0.25, 0.3) is 0 Å². The minimum Gasteiger partial charge on any atom is -0.415 e. The highest BCUT2D eigenvalue weighted by Gasteiger charge is 2.32. The Balaban J connectivity index is 1.16. The molecule has 8 rings (SSSR count). The summed E-state index contributed by atoms with van der Waals surface area (Å²) in [6.07, 6.45) is 10.5. The quantitative estimate of drug-likeness (QED) is 0.102. The molecule has 0 bridgehead atoms. The smallest absolute Gasteiger partial charge is 0.415 e. The SMILES string of the molecule is CC(c1ccc2c(c1OC(=O)C(=O)Oc1c(C(C)n3ccnc3)ccc3c1Nc1ccccc1S3)Nc1ccccc1S2)n1ccnc1. The molecule has 4 heterocycles. The highest BCUT2D eigenvalue weighted by molar-refractivity contribution is 8.00. The van der Waals surface area contributed by atoms with Crippen LogP contribution in [0, 0.1) is 0 Å². The largest absolute Gasteiger partial charge is 0.423 e. The van der Waals surface area contributed by atoms with E-state index in [0.717, 1.165) is 31.0 Å². The van der Waals surface area contributed by atoms with Crippen LogP contribution >= 0.6 is 23.5 Å². The molecular weight excluding hydrogens is 645 g/mol. The average Bonchev–Trinajstić information content (AvgIpc) is 3.86. The van der Waals surface area contributed by atoms with Crippen LogP contribution < -0.4 is 20.1 Å². The van der Waals surface area contributed by atoms with Crippen molar-refractivity contribution in [2.75, 3.05) is 10.6 Å². The molecule has 2 aliphatic rings. The highest BCUT2D eigenvalue weighted by atomic mass is 32.2. The van der Waals surface area contributed by atoms with Crippen LogP contribution in [0.4, 0.5) is 22.7 Å². The van der Waals surface area contributed by atoms with Crippen molar-refractivity contribution < 1.29 is 19.1 Å². The van der Waals surface area contributed by atoms with Crippen LogP contribution in [0.3, 0.4) is 0 Å². The molecule has 0 aliphatic carbocycles. The van der Waals surface area contributed by atoms with Gasteiger partial charge in [0.1, 0.15) is 0 Å². The summed E-state index contributed by atoms with van der Waals surface area (Å²) in [5, 5.41) is 6.87. The fourth-order valence-electron chi connectivity index (χ4n) is 5.86. The molecule has 2 atom stereocenters. The molecule has 2 aliphatic heterocycles. The van der Waals surface area contributed by atoms with Gasteiger partial charge in [0, 0.05) is 55.5 Å². The number of hydrogen-bond donors (Lipinski definition) is 2. The first-order valence-corrected chi connectivity index (χ1v) is 16.9. The van der Waals surface area contributed by atoms with Gasteiger partial charge < -0.3 is 29.2 Å². The zero-order chi connectivity index (χ0) is 32.8. The molecule has 0 fully saturated rings. The normalized spacial score (nSPS) is 13.8. The molecule has 238 valence electrons. The molecule has 2 aromatic heterocycles. The maximum atomic E-state index is 13.8. The molecular formula is C36H28N6O4S2. The molecule has 10 nitrogen and oxygen atoms in total. The molecule has 0 saturated carbocycles. The number of benzene rings is 4. The van der Waals surface area contributed by atoms with Gasteiger partial charge in [0.15, 0.2) is 11.5 Å². The predicted molar refractivity (Wildman–Crippen MR) is 184 cm³/mol. The first kappa shape index (κ1) is 29.9. The van der Waals surface area contributed by atoms with Crippen molar-refractivity contribution in [2.45, 2.75) is 45.5 Å². The second kappa shape index (κ2) is 12.3. The van der Waals surface area contributed by atoms with Crippen molar-refractivity contribution >= 4 is 58.2 Å². The number of anilines is 4. The number of aromatic nitrogens is 4. The number of esters is 2. The van der Waals surface area contributed by atoms with E-state index in [2.05, 4.69) is 20.6 Å². The summed E-state index contributed by atoms with van der Waals surface area (Å²) in [5.41, 5.74) is 4.35. The summed E-state index contributed by atoms with van der Waals surface area (Å²) >= 11 is 3.12. The Hall–Kier alpha value is -5.46. The van der Waals surface area contributed by atoms with Crippen LogP contribution in [0.5, 0.6) is 11.5 Å². The number of carbonyl (C=O) groups excluding carboxylic acids is 2. The lowest BCUT2D eigenvalue weighted by Gasteiger charge is -2.27. The van der Waals surface area contributed by atoms with E-state index < -0.39 is 11.9 Å². The van der Waals surface area contributed by atoms with Crippen molar-refractivity contribution in [3.63, 3.8) is 0 Å². The predicted octanol–water partition coefficient (Wildman–Crippen LogP) is 8.23. The number of hydrogen-bond acceptors (Lipinski definition) is 10. The molecule has 2 unspecified atom stereocenters. The lowest BCUT2D eigenvalue weighted by Crippen LogP contribution is -2.28. The fraction of sp³-hybridized carbons (Fsp3) is 0.111. The van der Waals surface area contributed by atoms with Gasteiger partial charge in [-0.3, -0.25) is 0 Å². The molecule has 4 aromatic carbocycles. The lowest BCUT2D eigenvalue weighted by molar-refractivity contribution is -0.156. The molecule has 12 heteroatoms. The van der Waals surface area contributed by atoms with Gasteiger partial charge in [-0.2, -0.15) is 0 Å². The van der Waals surface area contributed by atoms with Crippen molar-refractivity contribution in [3.05, 3.63) is 121 Å². The lowest BCUT2D eigenvalue weighted by atomic mass is 10.0. The second-order valence-electron chi connectivity index (χ2n) is 11.3. The van der Waals surface area contributed by atoms with Gasteiger partial charge in [0.05, 0.1) is 47.5 Å². The van der Waals surface area contributed by atoms with Crippen LogP contribution in [-0.4, -0.2) is 31.0 Å². The number of rotatable bonds is 6. The number of imidazole rings is 2. The molecule has 0 amide bonds. The van der Waals surface area contributed by atoms with Crippen molar-refractivity contribution in [1.82, 2.24) is 19.1 Å². The van der Waals surface area contributed by atoms with Gasteiger partial charge in [-0.1, -0.05) is 59.9 Å². The molecule has 48 heavy (non-hydrogen) atoms. The zero-order valence-electron chi connectivity index (χ0n) is 25.8. The van der Waals surface area contributed by atoms with E-state index in [-0.39, 0.29) is 23.6 Å². The Morgan fingerprint density at radius 1 is 0.625 bits per heavy atom. The molecule has 0 spiro atoms. The van der Waals surface area contributed by atoms with E-state index in [9.17, 15) is 9.59 Å². The monoisotopic (exact) mass is 672 g/mol. The summed E-state index contributed by atoms with van der Waals surface area (Å²) in [5.74, 6) is -1.78. The van der Waals surface area contributed by atoms with Crippen molar-refractivity contribution in [3.8, 4) is 11.5 Å². The highest BCUT2D eigenvalue weighted by Crippen LogP contribution is 2.52. The van der Waals surface area contributed by atoms with Crippen molar-refractivity contribution in [1.29, 1.82) is 0 Å². The number of ether oxygens (including phenoxy) is 2. The van der Waals surface area contributed by atoms with Gasteiger partial charge in [-0.25, -0.2) is 19.6 Å². The van der Waals surface area contributed by atoms with Gasteiger partial charge in [0.2, 0.25) is 0 Å². The number of fused-ring (bicyclic) bond motifs is 4. The van der Waals surface area contributed by atoms with E-state index in [4.69, 9.17) is 9.47 Å². The van der Waals surface area contributed by atoms with E-state index >= 15 is 0 Å². The molecule has 0 radical (unpaired) electrons. The molecule has 2 N–H and O–H groups in total. The number of nitrogens with one attached hydrogen (secondary N) is 2. The van der Waals surface area contributed by atoms with E-state index in [1.165, 1.54) is 0 Å². The van der Waals surface area contributed by atoms with Crippen molar-refractivity contribution in [2.24, 2.45) is 0 Å². The Morgan fingerprint density at radius 3 is 1.48 bits per heavy atom. The Labute approximate surface area is 284 Å². The standard InChI is InChI=1S/C36H28N6O4S2/c1-21(41-17-15-37-19-41)23-11-13-29-31(39-25-7-3-5-9-27(25)47-29)33(23)45-35(43)36(44)46-34-24(22(2)42-18-16-38-20-42)12-14-30-32(34)40-26-8-4-6-10-28(26)48-30/h3-22,39-40H,1-2H3. The minimum atomic E-state index is -1.14. The first-order valence-electron chi connectivity index (χ1n) is 15.2. The Bertz CT molecular complexity index is 2030. The van der Waals surface area contributed by atoms with Gasteiger partial charge in [-0.05, 0) is 50.2 Å². The summed E-state index contributed by atoms with van der Waals surface area (Å²) in [7, 11) is 0. The maximum Gasteiger partial charge on any atom is 0.423 e. The van der Waals surface area contributed by atoms with Gasteiger partial charge >= 0.3 is 11.9 Å². The zero-order valence-corrected chi connectivity index (χ0v) is 27.4. The van der Waals surface area contributed by atoms with Crippen LogP contribution in [-0.2, 0) is 9.59 Å². The fourth-order valence-corrected chi connectivity index (χ4v) is 7.85. The van der Waals surface area contributed by atoms with E-state index in [0.29, 0.717) is 22.5 Å². The third kappa shape index (κ3) is 5.38. The van der Waals surface area contributed by atoms with Crippen LogP contribution in [0.15, 0.2) is 130 Å². The van der Waals surface area contributed by atoms with Gasteiger partial charge in [-0.15, -0.1) is 0 Å². The third-order valence-corrected chi connectivity index (χ3v) is 10.7. The second-order valence-corrected chi connectivity index (χ2v) is 13.5. The average molecular weight is 673 g/mol. The summed E-state index contributed by atoms with van der Waals surface area (Å²) in [6, 6.07) is 23.1. The number of carbonyl (C=O) groups is 2. The number of nitrogens with zero attached hydrogens (tertiary/aromatic N) is 4. The minimum absolute atomic E-state index is 0.252. The summed E-state index contributed by atoms with van der Waals surface area (Å²) < 4.78 is 15.9. The Morgan fingerprint density at radius 2 is 1.06 bits per heavy atom. The molecule has 6 aromatic rings. The molecule has 0 saturated heterocycles. The Kier molecular flexibility index (Phi) is 7.66. The van der Waals surface area contributed by atoms with Crippen LogP contribution in [0.2, 0.25) is 0 Å². The van der Waals surface area contributed by atoms with Crippen LogP contribution in [0.1, 0.15) is 37.1 Å². The van der Waals surface area contributed by atoms with Gasteiger partial charge in [0.25, 0.3) is 0 Å². The first-order chi connectivity index (χ1) is 23.4. The summed E-state index contributed by atoms with van der Waals surface area (Å²) in [6.45, 7) is 3.95. The summed E-state index contributed by atoms with van der Waals surface area (Å²) in [4.78, 5) is 39.8. The van der Waals surface area contributed by atoms with E-state index in [1.807, 2.05) is 108 Å². The van der Waals surface area contributed by atoms with E-state index in [1.54, 1.807) is 48.6 Å². The maximum absolute atomic E-state index is 13.8. The topological polar surface area (TPSA) is 112 Å². The number of para-hydroxylation sites is 2.